The monoisotopic (exact) mass is 248 g/mol. The molecule has 0 aliphatic heterocycles. The Kier molecular flexibility index (Phi) is 3.60. The van der Waals surface area contributed by atoms with E-state index in [1.807, 2.05) is 24.3 Å². The Balaban J connectivity index is 2.44. The average molecular weight is 248 g/mol. The number of benzene rings is 1. The first-order valence-electron chi connectivity index (χ1n) is 6.47. The van der Waals surface area contributed by atoms with Gasteiger partial charge in [-0.05, 0) is 37.7 Å². The lowest BCUT2D eigenvalue weighted by Gasteiger charge is -2.36. The van der Waals surface area contributed by atoms with Crippen LogP contribution in [0.2, 0.25) is 0 Å². The molecule has 1 aromatic rings. The van der Waals surface area contributed by atoms with Gasteiger partial charge >= 0.3 is 5.97 Å². The van der Waals surface area contributed by atoms with Crippen molar-refractivity contribution in [3.63, 3.8) is 0 Å². The zero-order valence-corrected chi connectivity index (χ0v) is 11.0. The van der Waals surface area contributed by atoms with Crippen molar-refractivity contribution < 1.29 is 14.6 Å². The van der Waals surface area contributed by atoms with Crippen LogP contribution in [0.1, 0.15) is 38.2 Å². The van der Waals surface area contributed by atoms with E-state index in [9.17, 15) is 9.90 Å². The summed E-state index contributed by atoms with van der Waals surface area (Å²) in [5.74, 6) is 0.584. The van der Waals surface area contributed by atoms with Crippen molar-refractivity contribution in [1.82, 2.24) is 0 Å². The molecule has 1 aliphatic carbocycles. The van der Waals surface area contributed by atoms with Gasteiger partial charge in [-0.3, -0.25) is 4.79 Å². The van der Waals surface area contributed by atoms with Crippen LogP contribution in [0.4, 0.5) is 0 Å². The van der Waals surface area contributed by atoms with E-state index in [0.29, 0.717) is 24.5 Å². The third-order valence-electron chi connectivity index (χ3n) is 4.16. The van der Waals surface area contributed by atoms with E-state index in [0.717, 1.165) is 18.4 Å². The van der Waals surface area contributed by atoms with Gasteiger partial charge in [-0.1, -0.05) is 25.1 Å². The van der Waals surface area contributed by atoms with Crippen LogP contribution in [0, 0.1) is 5.92 Å². The number of methoxy groups -OCH3 is 1. The molecule has 1 saturated carbocycles. The van der Waals surface area contributed by atoms with Gasteiger partial charge in [-0.15, -0.1) is 0 Å². The summed E-state index contributed by atoms with van der Waals surface area (Å²) in [5.41, 5.74) is 0.0611. The Bertz CT molecular complexity index is 431. The van der Waals surface area contributed by atoms with Crippen LogP contribution in [0.15, 0.2) is 24.3 Å². The largest absolute Gasteiger partial charge is 0.496 e. The summed E-state index contributed by atoms with van der Waals surface area (Å²) < 4.78 is 5.34. The van der Waals surface area contributed by atoms with Gasteiger partial charge in [0.1, 0.15) is 5.75 Å². The predicted molar refractivity (Wildman–Crippen MR) is 69.9 cm³/mol. The number of hydrogen-bond acceptors (Lipinski definition) is 2. The maximum absolute atomic E-state index is 11.8. The van der Waals surface area contributed by atoms with E-state index >= 15 is 0 Å². The molecule has 1 aromatic carbocycles. The number of para-hydroxylation sites is 1. The minimum Gasteiger partial charge on any atom is -0.496 e. The normalized spacial score (nSPS) is 27.8. The molecule has 0 unspecified atom stereocenters. The molecule has 18 heavy (non-hydrogen) atoms. The van der Waals surface area contributed by atoms with Crippen LogP contribution < -0.4 is 4.74 Å². The van der Waals surface area contributed by atoms with E-state index in [1.54, 1.807) is 7.11 Å². The fraction of sp³-hybridized carbons (Fsp3) is 0.533. The van der Waals surface area contributed by atoms with Gasteiger partial charge in [0.15, 0.2) is 0 Å². The van der Waals surface area contributed by atoms with Crippen LogP contribution in [0.3, 0.4) is 0 Å². The van der Waals surface area contributed by atoms with E-state index in [2.05, 4.69) is 6.92 Å². The maximum Gasteiger partial charge on any atom is 0.314 e. The van der Waals surface area contributed by atoms with Gasteiger partial charge in [-0.2, -0.15) is 0 Å². The zero-order valence-electron chi connectivity index (χ0n) is 11.0. The van der Waals surface area contributed by atoms with Crippen LogP contribution in [-0.2, 0) is 10.2 Å². The van der Waals surface area contributed by atoms with E-state index in [4.69, 9.17) is 4.74 Å². The van der Waals surface area contributed by atoms with Crippen molar-refractivity contribution in [2.75, 3.05) is 7.11 Å². The van der Waals surface area contributed by atoms with Gasteiger partial charge < -0.3 is 9.84 Å². The van der Waals surface area contributed by atoms with Gasteiger partial charge in [0.25, 0.3) is 0 Å². The van der Waals surface area contributed by atoms with Gasteiger partial charge in [0.05, 0.1) is 12.5 Å². The summed E-state index contributed by atoms with van der Waals surface area (Å²) in [6.07, 6.45) is 3.32. The molecular weight excluding hydrogens is 228 g/mol. The highest BCUT2D eigenvalue weighted by Crippen LogP contribution is 2.44. The van der Waals surface area contributed by atoms with Crippen molar-refractivity contribution >= 4 is 5.97 Å². The topological polar surface area (TPSA) is 46.5 Å². The molecule has 0 saturated heterocycles. The average Bonchev–Trinajstić information content (AvgIpc) is 2.39. The first-order chi connectivity index (χ1) is 8.60. The molecule has 1 aliphatic rings. The molecule has 0 aromatic heterocycles. The van der Waals surface area contributed by atoms with Crippen LogP contribution in [0.25, 0.3) is 0 Å². The van der Waals surface area contributed by atoms with Crippen molar-refractivity contribution in [3.8, 4) is 5.75 Å². The van der Waals surface area contributed by atoms with Crippen LogP contribution >= 0.6 is 0 Å². The van der Waals surface area contributed by atoms with E-state index in [1.165, 1.54) is 0 Å². The minimum absolute atomic E-state index is 0.618. The van der Waals surface area contributed by atoms with Crippen LogP contribution in [0.5, 0.6) is 5.75 Å². The smallest absolute Gasteiger partial charge is 0.314 e. The fourth-order valence-electron chi connectivity index (χ4n) is 2.89. The summed E-state index contributed by atoms with van der Waals surface area (Å²) in [7, 11) is 1.60. The Labute approximate surface area is 108 Å². The number of carboxylic acid groups (broad SMARTS) is 1. The Morgan fingerprint density at radius 1 is 1.33 bits per heavy atom. The maximum atomic E-state index is 11.8. The summed E-state index contributed by atoms with van der Waals surface area (Å²) in [4.78, 5) is 11.8. The van der Waals surface area contributed by atoms with Crippen molar-refractivity contribution in [2.45, 2.75) is 38.0 Å². The number of aliphatic carboxylic acids is 1. The number of rotatable bonds is 3. The SMILES string of the molecule is COc1ccccc1C1(C(=O)O)CCC(C)CC1. The van der Waals surface area contributed by atoms with Crippen molar-refractivity contribution in [2.24, 2.45) is 5.92 Å². The summed E-state index contributed by atoms with van der Waals surface area (Å²) in [6.45, 7) is 2.19. The third kappa shape index (κ3) is 2.09. The Morgan fingerprint density at radius 2 is 1.94 bits per heavy atom. The summed E-state index contributed by atoms with van der Waals surface area (Å²) in [5, 5.41) is 9.69. The van der Waals surface area contributed by atoms with Gasteiger partial charge in [0.2, 0.25) is 0 Å². The molecule has 1 N–H and O–H groups in total. The molecule has 0 heterocycles. The second kappa shape index (κ2) is 5.01. The molecule has 1 fully saturated rings. The van der Waals surface area contributed by atoms with E-state index < -0.39 is 11.4 Å². The number of ether oxygens (including phenoxy) is 1. The highest BCUT2D eigenvalue weighted by molar-refractivity contribution is 5.82. The molecule has 3 nitrogen and oxygen atoms in total. The first-order valence-corrected chi connectivity index (χ1v) is 6.47. The molecule has 0 atom stereocenters. The lowest BCUT2D eigenvalue weighted by Crippen LogP contribution is -2.39. The third-order valence-corrected chi connectivity index (χ3v) is 4.16. The van der Waals surface area contributed by atoms with Gasteiger partial charge in [-0.25, -0.2) is 0 Å². The van der Waals surface area contributed by atoms with Crippen molar-refractivity contribution in [1.29, 1.82) is 0 Å². The minimum atomic E-state index is -0.765. The molecule has 0 amide bonds. The second-order valence-corrected chi connectivity index (χ2v) is 5.27. The number of hydrogen-bond donors (Lipinski definition) is 1. The molecule has 98 valence electrons. The lowest BCUT2D eigenvalue weighted by molar-refractivity contribution is -0.145. The highest BCUT2D eigenvalue weighted by Gasteiger charge is 2.44. The van der Waals surface area contributed by atoms with Gasteiger partial charge in [0, 0.05) is 5.56 Å². The van der Waals surface area contributed by atoms with E-state index in [-0.39, 0.29) is 0 Å². The Hall–Kier alpha value is -1.51. The predicted octanol–water partition coefficient (Wildman–Crippen LogP) is 3.23. The molecule has 0 spiro atoms. The molecule has 0 bridgehead atoms. The number of carbonyl (C=O) groups is 1. The summed E-state index contributed by atoms with van der Waals surface area (Å²) >= 11 is 0. The molecule has 0 radical (unpaired) electrons. The van der Waals surface area contributed by atoms with Crippen molar-refractivity contribution in [3.05, 3.63) is 29.8 Å². The Morgan fingerprint density at radius 3 is 2.50 bits per heavy atom. The molecule has 2 rings (SSSR count). The quantitative estimate of drug-likeness (QED) is 0.893. The highest BCUT2D eigenvalue weighted by atomic mass is 16.5. The zero-order chi connectivity index (χ0) is 13.2. The lowest BCUT2D eigenvalue weighted by atomic mass is 9.66. The number of carboxylic acids is 1. The second-order valence-electron chi connectivity index (χ2n) is 5.27. The summed E-state index contributed by atoms with van der Waals surface area (Å²) in [6, 6.07) is 7.50. The standard InChI is InChI=1S/C15H20O3/c1-11-7-9-15(10-8-11,14(16)17)12-5-3-4-6-13(12)18-2/h3-6,11H,7-10H2,1-2H3,(H,16,17). The van der Waals surface area contributed by atoms with Crippen LogP contribution in [-0.4, -0.2) is 18.2 Å². The molecule has 3 heteroatoms. The molecular formula is C15H20O3. The first kappa shape index (κ1) is 12.9. The fourth-order valence-corrected chi connectivity index (χ4v) is 2.89.